The molecule has 0 saturated heterocycles. The van der Waals surface area contributed by atoms with Crippen LogP contribution >= 0.6 is 0 Å². The molecule has 148 valence electrons. The normalized spacial score (nSPS) is 27.7. The highest BCUT2D eigenvalue weighted by Crippen LogP contribution is 2.39. The van der Waals surface area contributed by atoms with E-state index in [1.165, 1.54) is 0 Å². The summed E-state index contributed by atoms with van der Waals surface area (Å²) >= 11 is 0. The fourth-order valence-electron chi connectivity index (χ4n) is 4.33. The van der Waals surface area contributed by atoms with Crippen molar-refractivity contribution in [1.82, 2.24) is 10.6 Å². The molecule has 0 heterocycles. The van der Waals surface area contributed by atoms with E-state index in [0.29, 0.717) is 11.8 Å². The summed E-state index contributed by atoms with van der Waals surface area (Å²) < 4.78 is 37.7. The third-order valence-corrected chi connectivity index (χ3v) is 5.59. The molecule has 2 atom stereocenters. The number of hydrogen-bond acceptors (Lipinski definition) is 3. The van der Waals surface area contributed by atoms with Crippen LogP contribution in [0.4, 0.5) is 13.2 Å². The van der Waals surface area contributed by atoms with Gasteiger partial charge in [-0.15, -0.1) is 0 Å². The van der Waals surface area contributed by atoms with Gasteiger partial charge in [0.05, 0.1) is 12.1 Å². The minimum Gasteiger partial charge on any atom is -0.351 e. The molecule has 1 aromatic rings. The van der Waals surface area contributed by atoms with Crippen molar-refractivity contribution in [3.63, 3.8) is 0 Å². The van der Waals surface area contributed by atoms with E-state index in [-0.39, 0.29) is 30.1 Å². The van der Waals surface area contributed by atoms with Crippen LogP contribution in [0.15, 0.2) is 24.3 Å². The Kier molecular flexibility index (Phi) is 5.74. The lowest BCUT2D eigenvalue weighted by Gasteiger charge is -2.45. The zero-order chi connectivity index (χ0) is 19.6. The highest BCUT2D eigenvalue weighted by Gasteiger charge is 2.39. The second-order valence-corrected chi connectivity index (χ2v) is 7.53. The lowest BCUT2D eigenvalue weighted by molar-refractivity contribution is -0.137. The number of fused-ring (bicyclic) bond motifs is 2. The number of carbonyl (C=O) groups excluding carboxylic acids is 2. The average Bonchev–Trinajstić information content (AvgIpc) is 2.60. The Bertz CT molecular complexity index is 676. The third-order valence-electron chi connectivity index (χ3n) is 5.59. The summed E-state index contributed by atoms with van der Waals surface area (Å²) in [5.41, 5.74) is 5.34. The van der Waals surface area contributed by atoms with Gasteiger partial charge in [-0.3, -0.25) is 9.59 Å². The van der Waals surface area contributed by atoms with Crippen molar-refractivity contribution in [2.45, 2.75) is 50.4 Å². The molecule has 0 aliphatic heterocycles. The van der Waals surface area contributed by atoms with E-state index in [4.69, 9.17) is 5.73 Å². The molecule has 2 fully saturated rings. The molecule has 8 heteroatoms. The first kappa shape index (κ1) is 19.7. The van der Waals surface area contributed by atoms with Crippen molar-refractivity contribution in [2.75, 3.05) is 6.54 Å². The zero-order valence-corrected chi connectivity index (χ0v) is 14.9. The Morgan fingerprint density at radius 2 is 1.67 bits per heavy atom. The van der Waals surface area contributed by atoms with E-state index in [1.54, 1.807) is 0 Å². The molecule has 2 unspecified atom stereocenters. The second kappa shape index (κ2) is 7.88. The van der Waals surface area contributed by atoms with Crippen molar-refractivity contribution in [1.29, 1.82) is 0 Å². The number of rotatable bonds is 4. The number of alkyl halides is 3. The number of hydrogen-bond donors (Lipinski definition) is 3. The van der Waals surface area contributed by atoms with E-state index in [9.17, 15) is 22.8 Å². The summed E-state index contributed by atoms with van der Waals surface area (Å²) in [6, 6.07) is 4.18. The van der Waals surface area contributed by atoms with Crippen LogP contribution in [0, 0.1) is 11.8 Å². The van der Waals surface area contributed by atoms with Gasteiger partial charge in [-0.05, 0) is 61.8 Å². The highest BCUT2D eigenvalue weighted by molar-refractivity contribution is 5.96. The van der Waals surface area contributed by atoms with E-state index in [0.717, 1.165) is 56.4 Å². The van der Waals surface area contributed by atoms with Crippen LogP contribution in [0.3, 0.4) is 0 Å². The van der Waals surface area contributed by atoms with E-state index in [1.807, 2.05) is 0 Å². The van der Waals surface area contributed by atoms with Crippen molar-refractivity contribution in [3.8, 4) is 0 Å². The molecular formula is C19H24F3N3O2. The maximum absolute atomic E-state index is 12.6. The number of amides is 2. The van der Waals surface area contributed by atoms with Crippen molar-refractivity contribution in [2.24, 2.45) is 17.6 Å². The smallest absolute Gasteiger partial charge is 0.351 e. The first-order valence-corrected chi connectivity index (χ1v) is 9.24. The van der Waals surface area contributed by atoms with E-state index < -0.39 is 17.6 Å². The fourth-order valence-corrected chi connectivity index (χ4v) is 4.33. The average molecular weight is 383 g/mol. The Hall–Kier alpha value is -2.09. The molecule has 2 aliphatic carbocycles. The SMILES string of the molecule is NC1CC2CCCC(C1)C2NC(=O)CNC(=O)c1ccc(C(F)(F)F)cc1. The van der Waals surface area contributed by atoms with Crippen LogP contribution < -0.4 is 16.4 Å². The minimum absolute atomic E-state index is 0.0799. The van der Waals surface area contributed by atoms with Crippen LogP contribution in [0.2, 0.25) is 0 Å². The van der Waals surface area contributed by atoms with Gasteiger partial charge in [-0.2, -0.15) is 13.2 Å². The molecule has 4 N–H and O–H groups in total. The second-order valence-electron chi connectivity index (χ2n) is 7.53. The molecule has 0 aromatic heterocycles. The molecule has 0 spiro atoms. The van der Waals surface area contributed by atoms with Crippen molar-refractivity contribution < 1.29 is 22.8 Å². The summed E-state index contributed by atoms with van der Waals surface area (Å²) in [5.74, 6) is -0.110. The fraction of sp³-hybridized carbons (Fsp3) is 0.579. The first-order chi connectivity index (χ1) is 12.7. The lowest BCUT2D eigenvalue weighted by atomic mass is 9.67. The standard InChI is InChI=1S/C19H24F3N3O2/c20-19(21,22)14-6-4-11(5-7-14)18(27)24-10-16(26)25-17-12-2-1-3-13(17)9-15(23)8-12/h4-7,12-13,15,17H,1-3,8-10,23H2,(H,24,27)(H,25,26). The molecule has 2 saturated carbocycles. The molecule has 0 radical (unpaired) electrons. The van der Waals surface area contributed by atoms with Crippen LogP contribution in [-0.4, -0.2) is 30.4 Å². The van der Waals surface area contributed by atoms with Gasteiger partial charge in [0.1, 0.15) is 0 Å². The van der Waals surface area contributed by atoms with E-state index in [2.05, 4.69) is 10.6 Å². The van der Waals surface area contributed by atoms with Gasteiger partial charge < -0.3 is 16.4 Å². The van der Waals surface area contributed by atoms with Gasteiger partial charge in [-0.1, -0.05) is 6.42 Å². The van der Waals surface area contributed by atoms with Gasteiger partial charge in [-0.25, -0.2) is 0 Å². The number of nitrogens with two attached hydrogens (primary N) is 1. The predicted octanol–water partition coefficient (Wildman–Crippen LogP) is 2.46. The summed E-state index contributed by atoms with van der Waals surface area (Å²) in [7, 11) is 0. The van der Waals surface area contributed by atoms with Crippen molar-refractivity contribution >= 4 is 11.8 Å². The summed E-state index contributed by atoms with van der Waals surface area (Å²) in [4.78, 5) is 24.3. The van der Waals surface area contributed by atoms with Gasteiger partial charge in [0.2, 0.25) is 5.91 Å². The summed E-state index contributed by atoms with van der Waals surface area (Å²) in [6.07, 6.45) is 0.605. The summed E-state index contributed by atoms with van der Waals surface area (Å²) in [5, 5.41) is 5.48. The Morgan fingerprint density at radius 1 is 1.07 bits per heavy atom. The number of benzene rings is 1. The zero-order valence-electron chi connectivity index (χ0n) is 14.9. The number of carbonyl (C=O) groups is 2. The van der Waals surface area contributed by atoms with E-state index >= 15 is 0 Å². The summed E-state index contributed by atoms with van der Waals surface area (Å²) in [6.45, 7) is -0.206. The van der Waals surface area contributed by atoms with Crippen LogP contribution in [0.1, 0.15) is 48.0 Å². The quantitative estimate of drug-likeness (QED) is 0.747. The molecule has 2 bridgehead atoms. The first-order valence-electron chi connectivity index (χ1n) is 9.24. The molecule has 27 heavy (non-hydrogen) atoms. The van der Waals surface area contributed by atoms with Crippen molar-refractivity contribution in [3.05, 3.63) is 35.4 Å². The largest absolute Gasteiger partial charge is 0.416 e. The maximum atomic E-state index is 12.6. The predicted molar refractivity (Wildman–Crippen MR) is 93.7 cm³/mol. The molecule has 1 aromatic carbocycles. The van der Waals surface area contributed by atoms with Crippen LogP contribution in [-0.2, 0) is 11.0 Å². The molecule has 3 rings (SSSR count). The number of halogens is 3. The van der Waals surface area contributed by atoms with Gasteiger partial charge in [0.15, 0.2) is 0 Å². The lowest BCUT2D eigenvalue weighted by Crippen LogP contribution is -2.55. The minimum atomic E-state index is -4.45. The molecule has 2 aliphatic rings. The molecular weight excluding hydrogens is 359 g/mol. The molecule has 2 amide bonds. The van der Waals surface area contributed by atoms with Gasteiger partial charge in [0.25, 0.3) is 5.91 Å². The Morgan fingerprint density at radius 3 is 2.22 bits per heavy atom. The number of nitrogens with one attached hydrogen (secondary N) is 2. The Balaban J connectivity index is 1.51. The topological polar surface area (TPSA) is 84.2 Å². The van der Waals surface area contributed by atoms with Crippen LogP contribution in [0.5, 0.6) is 0 Å². The molecule has 5 nitrogen and oxygen atoms in total. The Labute approximate surface area is 155 Å². The monoisotopic (exact) mass is 383 g/mol. The maximum Gasteiger partial charge on any atom is 0.416 e. The highest BCUT2D eigenvalue weighted by atomic mass is 19.4. The van der Waals surface area contributed by atoms with Gasteiger partial charge >= 0.3 is 6.18 Å². The van der Waals surface area contributed by atoms with Crippen LogP contribution in [0.25, 0.3) is 0 Å². The third kappa shape index (κ3) is 4.80. The van der Waals surface area contributed by atoms with Gasteiger partial charge in [0, 0.05) is 17.6 Å².